The van der Waals surface area contributed by atoms with Crippen molar-refractivity contribution in [1.82, 2.24) is 0 Å². The van der Waals surface area contributed by atoms with Gasteiger partial charge in [0.2, 0.25) is 0 Å². The molecule has 0 bridgehead atoms. The Balaban J connectivity index is 2.88. The number of carbonyl (C=O) groups is 1. The Labute approximate surface area is 71.6 Å². The lowest BCUT2D eigenvalue weighted by Gasteiger charge is -2.14. The van der Waals surface area contributed by atoms with Crippen LogP contribution in [-0.2, 0) is 9.53 Å². The molecule has 64 valence electrons. The van der Waals surface area contributed by atoms with Gasteiger partial charge < -0.3 is 4.74 Å². The molecule has 0 aromatic carbocycles. The molecule has 0 aliphatic heterocycles. The summed E-state index contributed by atoms with van der Waals surface area (Å²) in [5, 5.41) is 8.65. The van der Waals surface area contributed by atoms with Gasteiger partial charge in [0.25, 0.3) is 0 Å². The van der Waals surface area contributed by atoms with Crippen molar-refractivity contribution >= 4 is 5.78 Å². The number of allylic oxidation sites excluding steroid dienone is 2. The van der Waals surface area contributed by atoms with Gasteiger partial charge in [-0.15, -0.1) is 0 Å². The predicted molar refractivity (Wildman–Crippen MR) is 43.1 cm³/mol. The van der Waals surface area contributed by atoms with Crippen LogP contribution in [0.4, 0.5) is 0 Å². The van der Waals surface area contributed by atoms with Gasteiger partial charge in [-0.3, -0.25) is 4.79 Å². The van der Waals surface area contributed by atoms with Crippen LogP contribution in [0.25, 0.3) is 0 Å². The van der Waals surface area contributed by atoms with E-state index in [2.05, 4.69) is 0 Å². The standard InChI is InChI=1S/C9H11NO2/c1-2-12-9-5-3-4-8(11)7(9)6-10/h2-5H2,1H3. The number of nitrogens with zero attached hydrogens (tertiary/aromatic N) is 1. The molecule has 0 saturated carbocycles. The van der Waals surface area contributed by atoms with Crippen LogP contribution in [0.5, 0.6) is 0 Å². The van der Waals surface area contributed by atoms with Crippen molar-refractivity contribution in [1.29, 1.82) is 5.26 Å². The fourth-order valence-corrected chi connectivity index (χ4v) is 1.26. The summed E-state index contributed by atoms with van der Waals surface area (Å²) in [6.45, 7) is 2.37. The second kappa shape index (κ2) is 3.91. The van der Waals surface area contributed by atoms with Gasteiger partial charge >= 0.3 is 0 Å². The molecule has 1 aliphatic rings. The first kappa shape index (κ1) is 8.79. The first-order chi connectivity index (χ1) is 5.79. The molecule has 0 fully saturated rings. The smallest absolute Gasteiger partial charge is 0.176 e. The summed E-state index contributed by atoms with van der Waals surface area (Å²) in [6.07, 6.45) is 2.02. The zero-order valence-electron chi connectivity index (χ0n) is 7.09. The van der Waals surface area contributed by atoms with Crippen LogP contribution >= 0.6 is 0 Å². The second-order valence-corrected chi connectivity index (χ2v) is 2.62. The highest BCUT2D eigenvalue weighted by molar-refractivity contribution is 6.00. The SMILES string of the molecule is CCOC1=C(C#N)C(=O)CCC1. The minimum atomic E-state index is -0.0767. The Bertz CT molecular complexity index is 260. The molecule has 0 aromatic rings. The van der Waals surface area contributed by atoms with Gasteiger partial charge in [-0.25, -0.2) is 0 Å². The number of nitriles is 1. The molecule has 1 aliphatic carbocycles. The van der Waals surface area contributed by atoms with E-state index in [1.54, 1.807) is 0 Å². The fourth-order valence-electron chi connectivity index (χ4n) is 1.26. The van der Waals surface area contributed by atoms with E-state index in [-0.39, 0.29) is 11.4 Å². The number of hydrogen-bond donors (Lipinski definition) is 0. The van der Waals surface area contributed by atoms with Gasteiger partial charge in [-0.2, -0.15) is 5.26 Å². The number of rotatable bonds is 2. The van der Waals surface area contributed by atoms with Gasteiger partial charge in [0, 0.05) is 12.8 Å². The largest absolute Gasteiger partial charge is 0.497 e. The van der Waals surface area contributed by atoms with Crippen LogP contribution in [0.15, 0.2) is 11.3 Å². The van der Waals surface area contributed by atoms with Crippen molar-refractivity contribution in [3.05, 3.63) is 11.3 Å². The second-order valence-electron chi connectivity index (χ2n) is 2.62. The minimum Gasteiger partial charge on any atom is -0.497 e. The van der Waals surface area contributed by atoms with E-state index in [9.17, 15) is 4.79 Å². The van der Waals surface area contributed by atoms with Crippen LogP contribution in [0, 0.1) is 11.3 Å². The molecule has 3 nitrogen and oxygen atoms in total. The number of hydrogen-bond acceptors (Lipinski definition) is 3. The van der Waals surface area contributed by atoms with E-state index in [0.717, 1.165) is 12.8 Å². The van der Waals surface area contributed by atoms with E-state index in [1.165, 1.54) is 0 Å². The average molecular weight is 165 g/mol. The number of ketones is 1. The lowest BCUT2D eigenvalue weighted by Crippen LogP contribution is -2.12. The zero-order chi connectivity index (χ0) is 8.97. The van der Waals surface area contributed by atoms with Gasteiger partial charge in [-0.1, -0.05) is 0 Å². The summed E-state index contributed by atoms with van der Waals surface area (Å²) in [7, 11) is 0. The third kappa shape index (κ3) is 1.65. The third-order valence-corrected chi connectivity index (χ3v) is 1.80. The molecule has 0 atom stereocenters. The van der Waals surface area contributed by atoms with Gasteiger partial charge in [-0.05, 0) is 13.3 Å². The lowest BCUT2D eigenvalue weighted by molar-refractivity contribution is -0.116. The van der Waals surface area contributed by atoms with Gasteiger partial charge in [0.1, 0.15) is 17.4 Å². The molecule has 0 unspecified atom stereocenters. The van der Waals surface area contributed by atoms with Crippen molar-refractivity contribution in [3.8, 4) is 6.07 Å². The molecule has 0 amide bonds. The quantitative estimate of drug-likeness (QED) is 0.623. The van der Waals surface area contributed by atoms with Crippen LogP contribution in [-0.4, -0.2) is 12.4 Å². The predicted octanol–water partition coefficient (Wildman–Crippen LogP) is 1.55. The molecule has 12 heavy (non-hydrogen) atoms. The van der Waals surface area contributed by atoms with E-state index < -0.39 is 0 Å². The fraction of sp³-hybridized carbons (Fsp3) is 0.556. The number of carbonyl (C=O) groups excluding carboxylic acids is 1. The van der Waals surface area contributed by atoms with Crippen LogP contribution in [0.1, 0.15) is 26.2 Å². The summed E-state index contributed by atoms with van der Waals surface area (Å²) >= 11 is 0. The van der Waals surface area contributed by atoms with Crippen molar-refractivity contribution in [3.63, 3.8) is 0 Å². The molecule has 0 heterocycles. The normalized spacial score (nSPS) is 17.5. The van der Waals surface area contributed by atoms with E-state index in [0.29, 0.717) is 18.8 Å². The highest BCUT2D eigenvalue weighted by Gasteiger charge is 2.20. The van der Waals surface area contributed by atoms with Gasteiger partial charge in [0.15, 0.2) is 5.78 Å². The maximum absolute atomic E-state index is 11.2. The summed E-state index contributed by atoms with van der Waals surface area (Å²) < 4.78 is 5.19. The van der Waals surface area contributed by atoms with E-state index >= 15 is 0 Å². The van der Waals surface area contributed by atoms with Crippen molar-refractivity contribution < 1.29 is 9.53 Å². The Morgan fingerprint density at radius 3 is 2.92 bits per heavy atom. The monoisotopic (exact) mass is 165 g/mol. The maximum Gasteiger partial charge on any atom is 0.176 e. The van der Waals surface area contributed by atoms with Crippen LogP contribution < -0.4 is 0 Å². The van der Waals surface area contributed by atoms with Crippen molar-refractivity contribution in [2.24, 2.45) is 0 Å². The third-order valence-electron chi connectivity index (χ3n) is 1.80. The van der Waals surface area contributed by atoms with Crippen molar-refractivity contribution in [2.45, 2.75) is 26.2 Å². The Morgan fingerprint density at radius 2 is 2.33 bits per heavy atom. The van der Waals surface area contributed by atoms with E-state index in [1.807, 2.05) is 13.0 Å². The molecule has 0 spiro atoms. The molecule has 1 rings (SSSR count). The average Bonchev–Trinajstić information content (AvgIpc) is 2.05. The Hall–Kier alpha value is -1.30. The molecule has 0 radical (unpaired) electrons. The summed E-state index contributed by atoms with van der Waals surface area (Å²) in [6, 6.07) is 1.89. The van der Waals surface area contributed by atoms with E-state index in [4.69, 9.17) is 10.00 Å². The highest BCUT2D eigenvalue weighted by Crippen LogP contribution is 2.22. The Morgan fingerprint density at radius 1 is 1.58 bits per heavy atom. The molecule has 0 saturated heterocycles. The number of ether oxygens (including phenoxy) is 1. The van der Waals surface area contributed by atoms with Crippen LogP contribution in [0.3, 0.4) is 0 Å². The Kier molecular flexibility index (Phi) is 2.87. The molecular formula is C9H11NO2. The summed E-state index contributed by atoms with van der Waals surface area (Å²) in [5.41, 5.74) is 0.225. The molecular weight excluding hydrogens is 154 g/mol. The zero-order valence-corrected chi connectivity index (χ0v) is 7.09. The highest BCUT2D eigenvalue weighted by atomic mass is 16.5. The molecule has 0 aromatic heterocycles. The summed E-state index contributed by atoms with van der Waals surface area (Å²) in [5.74, 6) is 0.503. The molecule has 0 N–H and O–H groups in total. The van der Waals surface area contributed by atoms with Crippen LogP contribution in [0.2, 0.25) is 0 Å². The number of Topliss-reactive ketones (excluding diaryl/α,β-unsaturated/α-hetero) is 1. The maximum atomic E-state index is 11.2. The topological polar surface area (TPSA) is 50.1 Å². The van der Waals surface area contributed by atoms with Crippen molar-refractivity contribution in [2.75, 3.05) is 6.61 Å². The lowest BCUT2D eigenvalue weighted by atomic mass is 9.97. The van der Waals surface area contributed by atoms with Gasteiger partial charge in [0.05, 0.1) is 6.61 Å². The summed E-state index contributed by atoms with van der Waals surface area (Å²) in [4.78, 5) is 11.2. The first-order valence-corrected chi connectivity index (χ1v) is 4.08. The minimum absolute atomic E-state index is 0.0767. The molecule has 3 heteroatoms. The first-order valence-electron chi connectivity index (χ1n) is 4.08.